The van der Waals surface area contributed by atoms with Gasteiger partial charge in [0.25, 0.3) is 0 Å². The maximum absolute atomic E-state index is 5.87. The Bertz CT molecular complexity index is 378. The summed E-state index contributed by atoms with van der Waals surface area (Å²) in [6.07, 6.45) is 4.52. The van der Waals surface area contributed by atoms with Crippen LogP contribution in [-0.4, -0.2) is 34.9 Å². The van der Waals surface area contributed by atoms with Crippen molar-refractivity contribution in [3.05, 3.63) is 11.6 Å². The second-order valence-corrected chi connectivity index (χ2v) is 5.27. The van der Waals surface area contributed by atoms with Crippen LogP contribution in [0.5, 0.6) is 0 Å². The number of aromatic amines is 1. The van der Waals surface area contributed by atoms with E-state index in [1.165, 1.54) is 6.42 Å². The van der Waals surface area contributed by atoms with E-state index in [2.05, 4.69) is 27.4 Å². The van der Waals surface area contributed by atoms with Crippen molar-refractivity contribution in [1.82, 2.24) is 20.5 Å². The molecule has 17 heavy (non-hydrogen) atoms. The van der Waals surface area contributed by atoms with Crippen molar-refractivity contribution in [2.75, 3.05) is 19.7 Å². The topological polar surface area (TPSA) is 62.8 Å². The van der Waals surface area contributed by atoms with Gasteiger partial charge in [0.2, 0.25) is 0 Å². The van der Waals surface area contributed by atoms with Gasteiger partial charge in [-0.1, -0.05) is 0 Å². The van der Waals surface area contributed by atoms with Crippen LogP contribution in [0.3, 0.4) is 0 Å². The molecule has 0 bridgehead atoms. The average molecular weight is 236 g/mol. The second-order valence-electron chi connectivity index (χ2n) is 5.27. The van der Waals surface area contributed by atoms with Crippen LogP contribution in [0.4, 0.5) is 0 Å². The molecule has 94 valence electrons. The third-order valence-corrected chi connectivity index (χ3v) is 3.89. The van der Waals surface area contributed by atoms with Crippen LogP contribution < -0.4 is 5.32 Å². The van der Waals surface area contributed by atoms with Gasteiger partial charge in [-0.25, -0.2) is 4.98 Å². The third-order valence-electron chi connectivity index (χ3n) is 3.89. The maximum Gasteiger partial charge on any atom is 0.182 e. The molecule has 0 radical (unpaired) electrons. The highest BCUT2D eigenvalue weighted by Crippen LogP contribution is 2.33. The van der Waals surface area contributed by atoms with Crippen LogP contribution in [-0.2, 0) is 10.3 Å². The van der Waals surface area contributed by atoms with Crippen molar-refractivity contribution < 1.29 is 4.74 Å². The van der Waals surface area contributed by atoms with Crippen molar-refractivity contribution in [3.8, 4) is 0 Å². The number of rotatable bonds is 2. The Morgan fingerprint density at radius 1 is 1.41 bits per heavy atom. The minimum absolute atomic E-state index is 0.279. The largest absolute Gasteiger partial charge is 0.367 e. The summed E-state index contributed by atoms with van der Waals surface area (Å²) in [5, 5.41) is 10.8. The van der Waals surface area contributed by atoms with Gasteiger partial charge in [0, 0.05) is 19.1 Å². The molecule has 5 nitrogen and oxygen atoms in total. The van der Waals surface area contributed by atoms with E-state index in [4.69, 9.17) is 4.74 Å². The highest BCUT2D eigenvalue weighted by Gasteiger charge is 2.34. The molecule has 2 saturated heterocycles. The summed E-state index contributed by atoms with van der Waals surface area (Å²) in [6, 6.07) is 0. The molecule has 5 heteroatoms. The van der Waals surface area contributed by atoms with Gasteiger partial charge in [0.15, 0.2) is 5.82 Å². The minimum Gasteiger partial charge on any atom is -0.367 e. The summed E-state index contributed by atoms with van der Waals surface area (Å²) in [6.45, 7) is 5.01. The zero-order valence-electron chi connectivity index (χ0n) is 10.3. The van der Waals surface area contributed by atoms with Crippen LogP contribution >= 0.6 is 0 Å². The Morgan fingerprint density at radius 3 is 3.06 bits per heavy atom. The molecule has 3 rings (SSSR count). The highest BCUT2D eigenvalue weighted by molar-refractivity contribution is 5.07. The fourth-order valence-corrected chi connectivity index (χ4v) is 2.69. The van der Waals surface area contributed by atoms with Gasteiger partial charge >= 0.3 is 0 Å². The highest BCUT2D eigenvalue weighted by atomic mass is 16.5. The summed E-state index contributed by atoms with van der Waals surface area (Å²) in [7, 11) is 0. The van der Waals surface area contributed by atoms with E-state index in [1.807, 2.05) is 0 Å². The van der Waals surface area contributed by atoms with E-state index in [-0.39, 0.29) is 5.60 Å². The monoisotopic (exact) mass is 236 g/mol. The molecule has 1 aromatic rings. The molecule has 0 saturated carbocycles. The SMILES string of the molecule is CC1(c2n[nH]c(C3CCNC3)n2)CCCCO1. The third kappa shape index (κ3) is 2.09. The first-order chi connectivity index (χ1) is 8.28. The fraction of sp³-hybridized carbons (Fsp3) is 0.833. The molecule has 2 N–H and O–H groups in total. The minimum atomic E-state index is -0.279. The molecule has 0 spiro atoms. The Morgan fingerprint density at radius 2 is 2.35 bits per heavy atom. The second kappa shape index (κ2) is 4.38. The van der Waals surface area contributed by atoms with Gasteiger partial charge in [-0.3, -0.25) is 5.10 Å². The zero-order valence-corrected chi connectivity index (χ0v) is 10.3. The molecular weight excluding hydrogens is 216 g/mol. The van der Waals surface area contributed by atoms with Crippen LogP contribution in [0.15, 0.2) is 0 Å². The number of ether oxygens (including phenoxy) is 1. The predicted octanol–water partition coefficient (Wildman–Crippen LogP) is 1.30. The van der Waals surface area contributed by atoms with E-state index in [0.29, 0.717) is 5.92 Å². The molecule has 0 aromatic carbocycles. The van der Waals surface area contributed by atoms with Crippen molar-refractivity contribution in [2.45, 2.75) is 44.1 Å². The van der Waals surface area contributed by atoms with E-state index in [1.54, 1.807) is 0 Å². The first-order valence-electron chi connectivity index (χ1n) is 6.55. The van der Waals surface area contributed by atoms with Crippen LogP contribution in [0, 0.1) is 0 Å². The van der Waals surface area contributed by atoms with Crippen molar-refractivity contribution >= 4 is 0 Å². The van der Waals surface area contributed by atoms with Gasteiger partial charge in [0.1, 0.15) is 11.4 Å². The Kier molecular flexibility index (Phi) is 2.88. The Balaban J connectivity index is 1.78. The quantitative estimate of drug-likeness (QED) is 0.812. The Hall–Kier alpha value is -0.940. The molecule has 3 heterocycles. The fourth-order valence-electron chi connectivity index (χ4n) is 2.69. The smallest absolute Gasteiger partial charge is 0.182 e. The molecule has 0 amide bonds. The lowest BCUT2D eigenvalue weighted by atomic mass is 9.95. The number of H-pyrrole nitrogens is 1. The predicted molar refractivity (Wildman–Crippen MR) is 63.8 cm³/mol. The van der Waals surface area contributed by atoms with E-state index < -0.39 is 0 Å². The first-order valence-corrected chi connectivity index (χ1v) is 6.55. The molecule has 2 unspecified atom stereocenters. The number of nitrogens with one attached hydrogen (secondary N) is 2. The lowest BCUT2D eigenvalue weighted by molar-refractivity contribution is -0.0758. The molecule has 2 aliphatic rings. The number of nitrogens with zero attached hydrogens (tertiary/aromatic N) is 2. The molecular formula is C12H20N4O. The molecule has 2 atom stereocenters. The molecule has 0 aliphatic carbocycles. The van der Waals surface area contributed by atoms with Gasteiger partial charge < -0.3 is 10.1 Å². The number of hydrogen-bond acceptors (Lipinski definition) is 4. The standard InChI is InChI=1S/C12H20N4O/c1-12(5-2-3-7-17-12)11-14-10(15-16-11)9-4-6-13-8-9/h9,13H,2-8H2,1H3,(H,14,15,16). The summed E-state index contributed by atoms with van der Waals surface area (Å²) in [4.78, 5) is 4.66. The number of aromatic nitrogens is 3. The van der Waals surface area contributed by atoms with Gasteiger partial charge in [-0.2, -0.15) is 5.10 Å². The maximum atomic E-state index is 5.87. The van der Waals surface area contributed by atoms with Gasteiger partial charge in [0.05, 0.1) is 0 Å². The summed E-state index contributed by atoms with van der Waals surface area (Å²) < 4.78 is 5.87. The van der Waals surface area contributed by atoms with E-state index in [9.17, 15) is 0 Å². The molecule has 2 fully saturated rings. The Labute approximate surface area is 101 Å². The van der Waals surface area contributed by atoms with Crippen LogP contribution in [0.2, 0.25) is 0 Å². The van der Waals surface area contributed by atoms with Crippen LogP contribution in [0.25, 0.3) is 0 Å². The summed E-state index contributed by atoms with van der Waals surface area (Å²) >= 11 is 0. The average Bonchev–Trinajstić information content (AvgIpc) is 3.01. The summed E-state index contributed by atoms with van der Waals surface area (Å²) in [5.41, 5.74) is -0.279. The zero-order chi connectivity index (χ0) is 11.7. The van der Waals surface area contributed by atoms with Crippen LogP contribution in [0.1, 0.15) is 50.2 Å². The normalized spacial score (nSPS) is 34.1. The van der Waals surface area contributed by atoms with E-state index in [0.717, 1.165) is 50.6 Å². The number of hydrogen-bond donors (Lipinski definition) is 2. The van der Waals surface area contributed by atoms with Crippen molar-refractivity contribution in [2.24, 2.45) is 0 Å². The summed E-state index contributed by atoms with van der Waals surface area (Å²) in [5.74, 6) is 2.34. The lowest BCUT2D eigenvalue weighted by Crippen LogP contribution is -2.31. The van der Waals surface area contributed by atoms with Crippen molar-refractivity contribution in [1.29, 1.82) is 0 Å². The molecule has 1 aromatic heterocycles. The van der Waals surface area contributed by atoms with Crippen molar-refractivity contribution in [3.63, 3.8) is 0 Å². The lowest BCUT2D eigenvalue weighted by Gasteiger charge is -2.31. The first kappa shape index (κ1) is 11.2. The molecule has 2 aliphatic heterocycles. The van der Waals surface area contributed by atoms with Gasteiger partial charge in [-0.05, 0) is 39.2 Å². The van der Waals surface area contributed by atoms with Gasteiger partial charge in [-0.15, -0.1) is 0 Å². The van der Waals surface area contributed by atoms with E-state index >= 15 is 0 Å².